The van der Waals surface area contributed by atoms with Gasteiger partial charge in [0.2, 0.25) is 5.88 Å². The van der Waals surface area contributed by atoms with Crippen LogP contribution in [0.2, 0.25) is 10.2 Å². The molecule has 12 heteroatoms. The predicted octanol–water partition coefficient (Wildman–Crippen LogP) is 5.05. The van der Waals surface area contributed by atoms with Gasteiger partial charge in [-0.25, -0.2) is 14.5 Å². The maximum Gasteiger partial charge on any atom is 0.217 e. The largest absolute Gasteiger partial charge is 0.477 e. The molecule has 1 atom stereocenters. The van der Waals surface area contributed by atoms with Crippen LogP contribution in [0.5, 0.6) is 5.88 Å². The lowest BCUT2D eigenvalue weighted by Gasteiger charge is -2.16. The normalized spacial score (nSPS) is 12.1. The Hall–Kier alpha value is -2.63. The third-order valence-corrected chi connectivity index (χ3v) is 6.45. The van der Waals surface area contributed by atoms with E-state index in [-0.39, 0.29) is 37.1 Å². The minimum atomic E-state index is -0.343. The Morgan fingerprint density at radius 2 is 1.68 bits per heavy atom. The molecule has 0 saturated carbocycles. The second-order valence-corrected chi connectivity index (χ2v) is 10.1. The Labute approximate surface area is 244 Å². The van der Waals surface area contributed by atoms with Crippen molar-refractivity contribution in [1.29, 1.82) is 0 Å². The van der Waals surface area contributed by atoms with Crippen molar-refractivity contribution in [1.82, 2.24) is 19.6 Å². The Kier molecular flexibility index (Phi) is 13.2. The number of Topliss-reactive ketones (excluding diaryl/α,β-unsaturated/α-hetero) is 2. The second kappa shape index (κ2) is 16.6. The van der Waals surface area contributed by atoms with E-state index in [2.05, 4.69) is 15.1 Å². The average Bonchev–Trinajstić information content (AvgIpc) is 3.31. The molecule has 40 heavy (non-hydrogen) atoms. The first-order chi connectivity index (χ1) is 19.3. The molecule has 0 aromatic carbocycles. The van der Waals surface area contributed by atoms with Gasteiger partial charge in [-0.3, -0.25) is 9.59 Å². The van der Waals surface area contributed by atoms with E-state index in [0.29, 0.717) is 84.2 Å². The summed E-state index contributed by atoms with van der Waals surface area (Å²) in [6, 6.07) is 3.31. The first kappa shape index (κ1) is 31.9. The highest BCUT2D eigenvalue weighted by Gasteiger charge is 2.20. The first-order valence-corrected chi connectivity index (χ1v) is 14.1. The van der Waals surface area contributed by atoms with E-state index >= 15 is 0 Å². The molecule has 3 heterocycles. The van der Waals surface area contributed by atoms with Crippen LogP contribution >= 0.6 is 23.2 Å². The molecule has 218 valence electrons. The molecule has 0 fully saturated rings. The van der Waals surface area contributed by atoms with E-state index in [1.54, 1.807) is 30.0 Å². The maximum absolute atomic E-state index is 13.2. The van der Waals surface area contributed by atoms with Gasteiger partial charge in [0.1, 0.15) is 11.6 Å². The van der Waals surface area contributed by atoms with E-state index in [9.17, 15) is 9.59 Å². The van der Waals surface area contributed by atoms with Crippen LogP contribution in [0.25, 0.3) is 5.65 Å². The number of hydrogen-bond acceptors (Lipinski definition) is 9. The van der Waals surface area contributed by atoms with Gasteiger partial charge in [0.15, 0.2) is 10.8 Å². The number of carbonyl (C=O) groups excluding carboxylic acids is 2. The van der Waals surface area contributed by atoms with E-state index in [1.807, 2.05) is 13.8 Å². The molecule has 3 rings (SSSR count). The number of aromatic nitrogens is 4. The van der Waals surface area contributed by atoms with Crippen LogP contribution in [-0.4, -0.2) is 71.3 Å². The monoisotopic (exact) mass is 594 g/mol. The summed E-state index contributed by atoms with van der Waals surface area (Å²) < 4.78 is 23.7. The highest BCUT2D eigenvalue weighted by molar-refractivity contribution is 6.30. The average molecular weight is 596 g/mol. The third-order valence-electron chi connectivity index (χ3n) is 6.06. The van der Waals surface area contributed by atoms with E-state index < -0.39 is 0 Å². The van der Waals surface area contributed by atoms with Gasteiger partial charge in [0, 0.05) is 69.0 Å². The first-order valence-electron chi connectivity index (χ1n) is 13.3. The Balaban J connectivity index is 1.53. The van der Waals surface area contributed by atoms with Crippen molar-refractivity contribution in [3.05, 3.63) is 51.5 Å². The van der Waals surface area contributed by atoms with E-state index in [0.717, 1.165) is 6.42 Å². The lowest BCUT2D eigenvalue weighted by molar-refractivity contribution is -0.120. The van der Waals surface area contributed by atoms with Gasteiger partial charge in [-0.1, -0.05) is 30.1 Å². The second-order valence-electron chi connectivity index (χ2n) is 9.26. The van der Waals surface area contributed by atoms with Gasteiger partial charge >= 0.3 is 0 Å². The molecule has 0 radical (unpaired) electrons. The minimum absolute atomic E-state index is 0.0554. The fourth-order valence-electron chi connectivity index (χ4n) is 4.07. The quantitative estimate of drug-likeness (QED) is 0.176. The van der Waals surface area contributed by atoms with Gasteiger partial charge < -0.3 is 18.9 Å². The molecule has 0 saturated heterocycles. The topological polar surface area (TPSA) is 114 Å². The van der Waals surface area contributed by atoms with Crippen molar-refractivity contribution in [3.63, 3.8) is 0 Å². The van der Waals surface area contributed by atoms with Crippen molar-refractivity contribution in [3.8, 4) is 5.88 Å². The Bertz CT molecular complexity index is 1270. The number of nitrogens with zero attached hydrogens (tertiary/aromatic N) is 4. The number of carbonyl (C=O) groups is 2. The zero-order valence-electron chi connectivity index (χ0n) is 23.2. The number of ether oxygens (including phenoxy) is 4. The zero-order chi connectivity index (χ0) is 28.9. The van der Waals surface area contributed by atoms with Crippen LogP contribution in [0.4, 0.5) is 0 Å². The fourth-order valence-corrected chi connectivity index (χ4v) is 4.42. The van der Waals surface area contributed by atoms with Crippen molar-refractivity contribution < 1.29 is 28.5 Å². The van der Waals surface area contributed by atoms with Crippen molar-refractivity contribution in [2.45, 2.75) is 58.5 Å². The van der Waals surface area contributed by atoms with Crippen LogP contribution in [0.15, 0.2) is 24.5 Å². The van der Waals surface area contributed by atoms with Gasteiger partial charge in [-0.2, -0.15) is 5.10 Å². The van der Waals surface area contributed by atoms with Crippen LogP contribution in [0, 0.1) is 0 Å². The number of methoxy groups -OCH3 is 1. The van der Waals surface area contributed by atoms with Crippen LogP contribution in [-0.2, 0) is 36.6 Å². The predicted molar refractivity (Wildman–Crippen MR) is 151 cm³/mol. The van der Waals surface area contributed by atoms with Gasteiger partial charge in [0.25, 0.3) is 0 Å². The summed E-state index contributed by atoms with van der Waals surface area (Å²) in [4.78, 5) is 33.9. The fraction of sp³-hybridized carbons (Fsp3) is 0.536. The number of pyridine rings is 1. The summed E-state index contributed by atoms with van der Waals surface area (Å²) in [5.74, 6) is 0.328. The molecule has 3 aromatic heterocycles. The molecule has 3 aromatic rings. The third kappa shape index (κ3) is 9.78. The summed E-state index contributed by atoms with van der Waals surface area (Å²) >= 11 is 12.2. The smallest absolute Gasteiger partial charge is 0.217 e. The Morgan fingerprint density at radius 1 is 0.925 bits per heavy atom. The highest BCUT2D eigenvalue weighted by atomic mass is 35.5. The molecular formula is C28H36Cl2N4O6. The van der Waals surface area contributed by atoms with Gasteiger partial charge in [-0.05, 0) is 25.8 Å². The van der Waals surface area contributed by atoms with Crippen molar-refractivity contribution in [2.75, 3.05) is 40.1 Å². The van der Waals surface area contributed by atoms with Crippen molar-refractivity contribution in [2.24, 2.45) is 0 Å². The number of rotatable bonds is 19. The molecule has 0 aliphatic heterocycles. The van der Waals surface area contributed by atoms with Crippen molar-refractivity contribution >= 4 is 40.4 Å². The van der Waals surface area contributed by atoms with E-state index in [4.69, 9.17) is 42.1 Å². The van der Waals surface area contributed by atoms with Crippen LogP contribution in [0.3, 0.4) is 0 Å². The minimum Gasteiger partial charge on any atom is -0.477 e. The summed E-state index contributed by atoms with van der Waals surface area (Å²) in [6.45, 7) is 6.30. The molecule has 0 amide bonds. The summed E-state index contributed by atoms with van der Waals surface area (Å²) in [6.07, 6.45) is 5.12. The number of fused-ring (bicyclic) bond motifs is 1. The van der Waals surface area contributed by atoms with Crippen LogP contribution in [0.1, 0.15) is 62.5 Å². The highest BCUT2D eigenvalue weighted by Crippen LogP contribution is 2.25. The molecule has 0 spiro atoms. The van der Waals surface area contributed by atoms with Crippen LogP contribution < -0.4 is 4.74 Å². The lowest BCUT2D eigenvalue weighted by Crippen LogP contribution is -2.15. The zero-order valence-corrected chi connectivity index (χ0v) is 24.7. The molecule has 0 aliphatic rings. The molecule has 0 bridgehead atoms. The number of ketones is 2. The SMILES string of the molecule is CCCOCCOCCC(=O)CCCOc1ncc(Cl)cc1CC(=O)Cc1cnc2cc(Cl)nn2c1[C@H](C)OC. The maximum atomic E-state index is 13.2. The summed E-state index contributed by atoms with van der Waals surface area (Å²) in [5, 5.41) is 4.99. The molecule has 10 nitrogen and oxygen atoms in total. The van der Waals surface area contributed by atoms with E-state index in [1.165, 1.54) is 6.20 Å². The number of halogens is 2. The molecular weight excluding hydrogens is 559 g/mol. The summed E-state index contributed by atoms with van der Waals surface area (Å²) in [7, 11) is 1.58. The van der Waals surface area contributed by atoms with Gasteiger partial charge in [0.05, 0.1) is 43.2 Å². The molecule has 0 unspecified atom stereocenters. The number of hydrogen-bond donors (Lipinski definition) is 0. The molecule has 0 aliphatic carbocycles. The van der Waals surface area contributed by atoms with Gasteiger partial charge in [-0.15, -0.1) is 0 Å². The Morgan fingerprint density at radius 3 is 2.42 bits per heavy atom. The standard InChI is InChI=1S/C28H36Cl2N4O6/c1-4-8-38-11-12-39-10-7-23(35)6-5-9-40-28-20(13-22(29)18-32-28)14-24(36)15-21-17-31-26-16-25(30)33-34(26)27(21)19(2)37-3/h13,16-19H,4-12,14-15H2,1-3H3/t19-/m0/s1. The summed E-state index contributed by atoms with van der Waals surface area (Å²) in [5.41, 5.74) is 2.52. The lowest BCUT2D eigenvalue weighted by atomic mass is 10.0. The molecule has 0 N–H and O–H groups in total.